The van der Waals surface area contributed by atoms with E-state index in [0.29, 0.717) is 16.5 Å². The van der Waals surface area contributed by atoms with Crippen molar-refractivity contribution in [1.29, 1.82) is 0 Å². The van der Waals surface area contributed by atoms with E-state index in [1.807, 2.05) is 12.1 Å². The number of nitrogens with zero attached hydrogens (tertiary/aromatic N) is 1. The van der Waals surface area contributed by atoms with E-state index in [0.717, 1.165) is 4.47 Å². The van der Waals surface area contributed by atoms with Crippen LogP contribution < -0.4 is 16.2 Å². The Labute approximate surface area is 160 Å². The van der Waals surface area contributed by atoms with E-state index in [1.165, 1.54) is 23.6 Å². The number of aromatic nitrogens is 2. The second-order valence-corrected chi connectivity index (χ2v) is 7.02. The highest BCUT2D eigenvalue weighted by atomic mass is 79.9. The molecule has 0 saturated heterocycles. The standard InChI is InChI=1S/C17H13BrN4O3S/c18-10-3-1-4-11(7-10)20-14(23)8-12-9-26-17(21-12)22-16(25)13-5-2-6-19-15(13)24/h1-7,9H,8H2,(H,19,24)(H,20,23)(H,21,22,25). The highest BCUT2D eigenvalue weighted by Gasteiger charge is 2.13. The summed E-state index contributed by atoms with van der Waals surface area (Å²) in [5, 5.41) is 7.35. The van der Waals surface area contributed by atoms with Crippen molar-refractivity contribution >= 4 is 49.9 Å². The minimum Gasteiger partial charge on any atom is -0.328 e. The van der Waals surface area contributed by atoms with Crippen molar-refractivity contribution in [1.82, 2.24) is 9.97 Å². The smallest absolute Gasteiger partial charge is 0.263 e. The fourth-order valence-electron chi connectivity index (χ4n) is 2.15. The first kappa shape index (κ1) is 18.0. The van der Waals surface area contributed by atoms with Crippen LogP contribution in [0.15, 0.2) is 57.2 Å². The van der Waals surface area contributed by atoms with Crippen LogP contribution in [0.3, 0.4) is 0 Å². The van der Waals surface area contributed by atoms with E-state index in [2.05, 4.69) is 36.5 Å². The number of anilines is 2. The molecule has 132 valence electrons. The van der Waals surface area contributed by atoms with Gasteiger partial charge >= 0.3 is 0 Å². The molecule has 26 heavy (non-hydrogen) atoms. The summed E-state index contributed by atoms with van der Waals surface area (Å²) < 4.78 is 0.866. The monoisotopic (exact) mass is 432 g/mol. The molecule has 0 bridgehead atoms. The first-order chi connectivity index (χ1) is 12.5. The maximum Gasteiger partial charge on any atom is 0.263 e. The van der Waals surface area contributed by atoms with Gasteiger partial charge < -0.3 is 10.3 Å². The molecule has 0 aliphatic heterocycles. The van der Waals surface area contributed by atoms with Gasteiger partial charge in [0.25, 0.3) is 11.5 Å². The fraction of sp³-hybridized carbons (Fsp3) is 0.0588. The molecule has 0 fully saturated rings. The minimum absolute atomic E-state index is 0.00310. The van der Waals surface area contributed by atoms with Crippen molar-refractivity contribution in [2.75, 3.05) is 10.6 Å². The lowest BCUT2D eigenvalue weighted by Gasteiger charge is -2.04. The van der Waals surface area contributed by atoms with Crippen LogP contribution in [0, 0.1) is 0 Å². The molecule has 0 unspecified atom stereocenters. The molecule has 3 rings (SSSR count). The van der Waals surface area contributed by atoms with E-state index in [9.17, 15) is 14.4 Å². The van der Waals surface area contributed by atoms with Gasteiger partial charge in [-0.25, -0.2) is 4.98 Å². The third kappa shape index (κ3) is 4.64. The molecule has 3 N–H and O–H groups in total. The number of hydrogen-bond acceptors (Lipinski definition) is 5. The summed E-state index contributed by atoms with van der Waals surface area (Å²) in [5.74, 6) is -0.767. The van der Waals surface area contributed by atoms with Gasteiger partial charge in [0.1, 0.15) is 5.56 Å². The predicted molar refractivity (Wildman–Crippen MR) is 104 cm³/mol. The first-order valence-electron chi connectivity index (χ1n) is 7.50. The number of thiazole rings is 1. The van der Waals surface area contributed by atoms with Gasteiger partial charge in [0.05, 0.1) is 12.1 Å². The molecule has 0 saturated carbocycles. The van der Waals surface area contributed by atoms with Crippen LogP contribution in [-0.2, 0) is 11.2 Å². The van der Waals surface area contributed by atoms with Gasteiger partial charge in [0.15, 0.2) is 5.13 Å². The number of hydrogen-bond donors (Lipinski definition) is 3. The van der Waals surface area contributed by atoms with Crippen molar-refractivity contribution < 1.29 is 9.59 Å². The van der Waals surface area contributed by atoms with Crippen LogP contribution in [-0.4, -0.2) is 21.8 Å². The summed E-state index contributed by atoms with van der Waals surface area (Å²) in [6.07, 6.45) is 1.52. The summed E-state index contributed by atoms with van der Waals surface area (Å²) in [5.41, 5.74) is 0.725. The van der Waals surface area contributed by atoms with Crippen molar-refractivity contribution in [2.45, 2.75) is 6.42 Å². The second-order valence-electron chi connectivity index (χ2n) is 5.25. The molecule has 0 radical (unpaired) electrons. The number of halogens is 1. The molecule has 9 heteroatoms. The zero-order valence-corrected chi connectivity index (χ0v) is 15.7. The van der Waals surface area contributed by atoms with Crippen molar-refractivity contribution in [2.24, 2.45) is 0 Å². The van der Waals surface area contributed by atoms with Crippen molar-refractivity contribution in [3.8, 4) is 0 Å². The summed E-state index contributed by atoms with van der Waals surface area (Å²) in [4.78, 5) is 42.4. The third-order valence-electron chi connectivity index (χ3n) is 3.29. The number of carbonyl (C=O) groups excluding carboxylic acids is 2. The van der Waals surface area contributed by atoms with Crippen LogP contribution >= 0.6 is 27.3 Å². The molecule has 2 aromatic heterocycles. The quantitative estimate of drug-likeness (QED) is 0.576. The average Bonchev–Trinajstić information content (AvgIpc) is 3.01. The maximum atomic E-state index is 12.1. The van der Waals surface area contributed by atoms with Gasteiger partial charge in [-0.1, -0.05) is 22.0 Å². The zero-order valence-electron chi connectivity index (χ0n) is 13.3. The SMILES string of the molecule is O=C(Cc1csc(NC(=O)c2ccc[nH]c2=O)n1)Nc1cccc(Br)c1. The highest BCUT2D eigenvalue weighted by Crippen LogP contribution is 2.18. The largest absolute Gasteiger partial charge is 0.328 e. The predicted octanol–water partition coefficient (Wildman–Crippen LogP) is 3.03. The molecule has 7 nitrogen and oxygen atoms in total. The van der Waals surface area contributed by atoms with Gasteiger partial charge in [-0.2, -0.15) is 0 Å². The van der Waals surface area contributed by atoms with Crippen LogP contribution in [0.1, 0.15) is 16.1 Å². The van der Waals surface area contributed by atoms with E-state index in [-0.39, 0.29) is 17.9 Å². The summed E-state index contributed by atoms with van der Waals surface area (Å²) >= 11 is 4.53. The molecule has 0 aliphatic carbocycles. The first-order valence-corrected chi connectivity index (χ1v) is 9.17. The lowest BCUT2D eigenvalue weighted by atomic mass is 10.2. The topological polar surface area (TPSA) is 104 Å². The molecule has 0 aliphatic rings. The Morgan fingerprint density at radius 1 is 1.19 bits per heavy atom. The summed E-state index contributed by atoms with van der Waals surface area (Å²) in [7, 11) is 0. The molecule has 1 aromatic carbocycles. The van der Waals surface area contributed by atoms with Crippen LogP contribution in [0.2, 0.25) is 0 Å². The fourth-order valence-corrected chi connectivity index (χ4v) is 3.25. The van der Waals surface area contributed by atoms with Gasteiger partial charge in [-0.05, 0) is 30.3 Å². The Kier molecular flexibility index (Phi) is 5.59. The molecule has 2 amide bonds. The lowest BCUT2D eigenvalue weighted by Crippen LogP contribution is -2.22. The lowest BCUT2D eigenvalue weighted by molar-refractivity contribution is -0.115. The number of H-pyrrole nitrogens is 1. The van der Waals surface area contributed by atoms with Gasteiger partial charge in [0, 0.05) is 21.7 Å². The Morgan fingerprint density at radius 2 is 2.04 bits per heavy atom. The van der Waals surface area contributed by atoms with Gasteiger partial charge in [-0.3, -0.25) is 19.7 Å². The van der Waals surface area contributed by atoms with Crippen molar-refractivity contribution in [3.63, 3.8) is 0 Å². The Balaban J connectivity index is 1.61. The van der Waals surface area contributed by atoms with Crippen LogP contribution in [0.5, 0.6) is 0 Å². The number of pyridine rings is 1. The Bertz CT molecular complexity index is 1010. The molecule has 0 atom stereocenters. The highest BCUT2D eigenvalue weighted by molar-refractivity contribution is 9.10. The average molecular weight is 433 g/mol. The van der Waals surface area contributed by atoms with Crippen LogP contribution in [0.25, 0.3) is 0 Å². The second kappa shape index (κ2) is 8.07. The van der Waals surface area contributed by atoms with E-state index < -0.39 is 11.5 Å². The number of rotatable bonds is 5. The molecular formula is C17H13BrN4O3S. The van der Waals surface area contributed by atoms with E-state index in [1.54, 1.807) is 23.6 Å². The van der Waals surface area contributed by atoms with Gasteiger partial charge in [-0.15, -0.1) is 11.3 Å². The molecule has 3 aromatic rings. The summed E-state index contributed by atoms with van der Waals surface area (Å²) in [6, 6.07) is 10.3. The number of amides is 2. The number of nitrogens with one attached hydrogen (secondary N) is 3. The molecule has 0 spiro atoms. The number of benzene rings is 1. The Hall–Kier alpha value is -2.78. The van der Waals surface area contributed by atoms with Crippen LogP contribution in [0.4, 0.5) is 10.8 Å². The maximum absolute atomic E-state index is 12.1. The molecule has 2 heterocycles. The number of aromatic amines is 1. The van der Waals surface area contributed by atoms with E-state index >= 15 is 0 Å². The van der Waals surface area contributed by atoms with Crippen molar-refractivity contribution in [3.05, 3.63) is 74.1 Å². The minimum atomic E-state index is -0.550. The van der Waals surface area contributed by atoms with E-state index in [4.69, 9.17) is 0 Å². The normalized spacial score (nSPS) is 10.3. The molecular weight excluding hydrogens is 420 g/mol. The van der Waals surface area contributed by atoms with Gasteiger partial charge in [0.2, 0.25) is 5.91 Å². The Morgan fingerprint density at radius 3 is 2.81 bits per heavy atom. The third-order valence-corrected chi connectivity index (χ3v) is 4.58. The zero-order chi connectivity index (χ0) is 18.5. The summed E-state index contributed by atoms with van der Waals surface area (Å²) in [6.45, 7) is 0. The number of carbonyl (C=O) groups is 2.